The van der Waals surface area contributed by atoms with Gasteiger partial charge in [0.25, 0.3) is 0 Å². The molecular formula is C15H18N2S. The van der Waals surface area contributed by atoms with E-state index in [2.05, 4.69) is 32.0 Å². The molecule has 0 saturated heterocycles. The zero-order valence-electron chi connectivity index (χ0n) is 10.9. The molecule has 2 aromatic rings. The van der Waals surface area contributed by atoms with Gasteiger partial charge < -0.3 is 5.73 Å². The highest BCUT2D eigenvalue weighted by Gasteiger charge is 2.20. The summed E-state index contributed by atoms with van der Waals surface area (Å²) in [5.41, 5.74) is 11.4. The Balaban J connectivity index is 1.95. The van der Waals surface area contributed by atoms with Crippen LogP contribution in [0.25, 0.3) is 0 Å². The van der Waals surface area contributed by atoms with E-state index in [-0.39, 0.29) is 6.04 Å². The van der Waals surface area contributed by atoms with Gasteiger partial charge in [-0.25, -0.2) is 4.98 Å². The summed E-state index contributed by atoms with van der Waals surface area (Å²) in [7, 11) is 0. The van der Waals surface area contributed by atoms with Crippen LogP contribution in [-0.2, 0) is 12.8 Å². The van der Waals surface area contributed by atoms with Crippen molar-refractivity contribution in [1.29, 1.82) is 0 Å². The lowest BCUT2D eigenvalue weighted by Gasteiger charge is -2.11. The fourth-order valence-electron chi connectivity index (χ4n) is 2.68. The summed E-state index contributed by atoms with van der Waals surface area (Å²) < 4.78 is 0. The molecule has 1 heterocycles. The maximum atomic E-state index is 6.36. The van der Waals surface area contributed by atoms with Gasteiger partial charge in [0.2, 0.25) is 0 Å². The maximum Gasteiger partial charge on any atom is 0.114 e. The molecule has 1 aliphatic carbocycles. The Bertz CT molecular complexity index is 544. The quantitative estimate of drug-likeness (QED) is 0.897. The zero-order chi connectivity index (χ0) is 12.7. The molecule has 0 saturated carbocycles. The number of hydrogen-bond donors (Lipinski definition) is 1. The minimum Gasteiger partial charge on any atom is -0.318 e. The molecule has 3 rings (SSSR count). The number of nitrogens with two attached hydrogens (primary N) is 1. The highest BCUT2D eigenvalue weighted by Crippen LogP contribution is 2.32. The number of hydrogen-bond acceptors (Lipinski definition) is 3. The molecule has 2 N–H and O–H groups in total. The van der Waals surface area contributed by atoms with E-state index in [0.717, 1.165) is 11.4 Å². The third-order valence-corrected chi connectivity index (χ3v) is 4.72. The molecule has 0 spiro atoms. The molecule has 1 aliphatic rings. The standard InChI is InChI=1S/C15H18N2S/c1-9-6-10(2)8-11(7-9)14(16)15-17-12-4-3-5-13(12)18-15/h6-8,14H,3-5,16H2,1-2H3. The average molecular weight is 258 g/mol. The summed E-state index contributed by atoms with van der Waals surface area (Å²) in [6.07, 6.45) is 3.57. The molecule has 0 aliphatic heterocycles. The topological polar surface area (TPSA) is 38.9 Å². The average Bonchev–Trinajstić information content (AvgIpc) is 2.86. The molecule has 0 fully saturated rings. The van der Waals surface area contributed by atoms with Crippen LogP contribution in [0.5, 0.6) is 0 Å². The van der Waals surface area contributed by atoms with E-state index in [4.69, 9.17) is 10.7 Å². The van der Waals surface area contributed by atoms with Gasteiger partial charge in [0.15, 0.2) is 0 Å². The largest absolute Gasteiger partial charge is 0.318 e. The van der Waals surface area contributed by atoms with Gasteiger partial charge in [0.1, 0.15) is 5.01 Å². The number of aryl methyl sites for hydroxylation is 4. The number of rotatable bonds is 2. The summed E-state index contributed by atoms with van der Waals surface area (Å²) >= 11 is 1.80. The minimum absolute atomic E-state index is 0.0702. The molecule has 1 aromatic carbocycles. The van der Waals surface area contributed by atoms with Crippen LogP contribution in [0.3, 0.4) is 0 Å². The first-order chi connectivity index (χ1) is 8.63. The Morgan fingerprint density at radius 2 is 1.89 bits per heavy atom. The van der Waals surface area contributed by atoms with Crippen LogP contribution in [0.1, 0.15) is 44.7 Å². The first-order valence-corrected chi connectivity index (χ1v) is 7.27. The van der Waals surface area contributed by atoms with E-state index in [1.807, 2.05) is 0 Å². The molecule has 1 aromatic heterocycles. The fraction of sp³-hybridized carbons (Fsp3) is 0.400. The Labute approximate surface area is 112 Å². The van der Waals surface area contributed by atoms with E-state index in [0.29, 0.717) is 0 Å². The van der Waals surface area contributed by atoms with Crippen molar-refractivity contribution in [3.05, 3.63) is 50.5 Å². The number of benzene rings is 1. The Hall–Kier alpha value is -1.19. The maximum absolute atomic E-state index is 6.36. The van der Waals surface area contributed by atoms with E-state index in [1.165, 1.54) is 40.1 Å². The van der Waals surface area contributed by atoms with Gasteiger partial charge in [-0.3, -0.25) is 0 Å². The number of thiazole rings is 1. The van der Waals surface area contributed by atoms with Crippen LogP contribution in [0.2, 0.25) is 0 Å². The fourth-order valence-corrected chi connectivity index (χ4v) is 3.86. The van der Waals surface area contributed by atoms with E-state index in [1.54, 1.807) is 11.3 Å². The lowest BCUT2D eigenvalue weighted by atomic mass is 10.0. The van der Waals surface area contributed by atoms with Crippen LogP contribution in [0, 0.1) is 13.8 Å². The van der Waals surface area contributed by atoms with E-state index in [9.17, 15) is 0 Å². The van der Waals surface area contributed by atoms with Crippen molar-refractivity contribution in [1.82, 2.24) is 4.98 Å². The van der Waals surface area contributed by atoms with Crippen molar-refractivity contribution in [3.8, 4) is 0 Å². The molecule has 1 unspecified atom stereocenters. The highest BCUT2D eigenvalue weighted by molar-refractivity contribution is 7.11. The summed E-state index contributed by atoms with van der Waals surface area (Å²) in [5.74, 6) is 0. The van der Waals surface area contributed by atoms with Gasteiger partial charge in [-0.15, -0.1) is 11.3 Å². The van der Waals surface area contributed by atoms with Crippen LogP contribution in [0.15, 0.2) is 18.2 Å². The van der Waals surface area contributed by atoms with Gasteiger partial charge in [0, 0.05) is 4.88 Å². The second-order valence-electron chi connectivity index (χ2n) is 5.17. The van der Waals surface area contributed by atoms with Gasteiger partial charge in [-0.2, -0.15) is 0 Å². The van der Waals surface area contributed by atoms with Crippen molar-refractivity contribution in [3.63, 3.8) is 0 Å². The Morgan fingerprint density at radius 3 is 2.56 bits per heavy atom. The summed E-state index contributed by atoms with van der Waals surface area (Å²) in [6, 6.07) is 6.45. The van der Waals surface area contributed by atoms with Gasteiger partial charge in [0.05, 0.1) is 11.7 Å². The molecular weight excluding hydrogens is 240 g/mol. The Morgan fingerprint density at radius 1 is 1.17 bits per heavy atom. The highest BCUT2D eigenvalue weighted by atomic mass is 32.1. The van der Waals surface area contributed by atoms with E-state index < -0.39 is 0 Å². The molecule has 0 bridgehead atoms. The molecule has 18 heavy (non-hydrogen) atoms. The zero-order valence-corrected chi connectivity index (χ0v) is 11.7. The van der Waals surface area contributed by atoms with E-state index >= 15 is 0 Å². The SMILES string of the molecule is Cc1cc(C)cc(C(N)c2nc3c(s2)CCC3)c1. The van der Waals surface area contributed by atoms with Crippen molar-refractivity contribution < 1.29 is 0 Å². The molecule has 2 nitrogen and oxygen atoms in total. The smallest absolute Gasteiger partial charge is 0.114 e. The number of nitrogens with zero attached hydrogens (tertiary/aromatic N) is 1. The molecule has 94 valence electrons. The van der Waals surface area contributed by atoms with Gasteiger partial charge >= 0.3 is 0 Å². The van der Waals surface area contributed by atoms with Crippen molar-refractivity contribution in [2.45, 2.75) is 39.2 Å². The van der Waals surface area contributed by atoms with Crippen LogP contribution < -0.4 is 5.73 Å². The lowest BCUT2D eigenvalue weighted by Crippen LogP contribution is -2.12. The van der Waals surface area contributed by atoms with Gasteiger partial charge in [-0.05, 0) is 38.7 Å². The second kappa shape index (κ2) is 4.48. The van der Waals surface area contributed by atoms with Crippen LogP contribution in [0.4, 0.5) is 0 Å². The van der Waals surface area contributed by atoms with Crippen LogP contribution >= 0.6 is 11.3 Å². The predicted octanol–water partition coefficient (Wildman–Crippen LogP) is 3.30. The third kappa shape index (κ3) is 2.08. The lowest BCUT2D eigenvalue weighted by molar-refractivity contribution is 0.832. The first-order valence-electron chi connectivity index (χ1n) is 6.46. The molecule has 0 amide bonds. The van der Waals surface area contributed by atoms with Crippen molar-refractivity contribution in [2.75, 3.05) is 0 Å². The van der Waals surface area contributed by atoms with Crippen molar-refractivity contribution in [2.24, 2.45) is 5.73 Å². The van der Waals surface area contributed by atoms with Crippen LogP contribution in [-0.4, -0.2) is 4.98 Å². The molecule has 0 radical (unpaired) electrons. The number of fused-ring (bicyclic) bond motifs is 1. The normalized spacial score (nSPS) is 15.7. The number of aromatic nitrogens is 1. The summed E-state index contributed by atoms with van der Waals surface area (Å²) in [5, 5.41) is 1.07. The van der Waals surface area contributed by atoms with Crippen molar-refractivity contribution >= 4 is 11.3 Å². The molecule has 3 heteroatoms. The second-order valence-corrected chi connectivity index (χ2v) is 6.29. The third-order valence-electron chi connectivity index (χ3n) is 3.48. The first kappa shape index (κ1) is 11.9. The summed E-state index contributed by atoms with van der Waals surface area (Å²) in [6.45, 7) is 4.23. The minimum atomic E-state index is -0.0702. The predicted molar refractivity (Wildman–Crippen MR) is 76.1 cm³/mol. The summed E-state index contributed by atoms with van der Waals surface area (Å²) in [4.78, 5) is 6.17. The van der Waals surface area contributed by atoms with Gasteiger partial charge in [-0.1, -0.05) is 29.3 Å². The molecule has 1 atom stereocenters. The monoisotopic (exact) mass is 258 g/mol. The Kier molecular flexibility index (Phi) is 2.96.